The Morgan fingerprint density at radius 1 is 0.875 bits per heavy atom. The molecule has 0 aliphatic carbocycles. The number of phenols is 2. The van der Waals surface area contributed by atoms with Crippen LogP contribution in [0.5, 0.6) is 11.5 Å². The van der Waals surface area contributed by atoms with Gasteiger partial charge in [-0.2, -0.15) is 0 Å². The lowest BCUT2D eigenvalue weighted by molar-refractivity contribution is -0.113. The van der Waals surface area contributed by atoms with E-state index in [2.05, 4.69) is 4.90 Å². The fourth-order valence-corrected chi connectivity index (χ4v) is 2.84. The Kier molecular flexibility index (Phi) is 4.49. The summed E-state index contributed by atoms with van der Waals surface area (Å²) in [6, 6.07) is 13.7. The van der Waals surface area contributed by atoms with E-state index in [9.17, 15) is 15.0 Å². The molecule has 0 spiro atoms. The van der Waals surface area contributed by atoms with Gasteiger partial charge in [0, 0.05) is 24.2 Å². The van der Waals surface area contributed by atoms with Crippen LogP contribution in [0.4, 0.5) is 0 Å². The monoisotopic (exact) mass is 321 g/mol. The first kappa shape index (κ1) is 16.0. The van der Waals surface area contributed by atoms with E-state index in [1.807, 2.05) is 31.3 Å². The lowest BCUT2D eigenvalue weighted by Gasteiger charge is -2.26. The van der Waals surface area contributed by atoms with Gasteiger partial charge in [0.1, 0.15) is 11.5 Å². The molecule has 1 aliphatic rings. The number of carbonyl (C=O) groups excluding carboxylic acids is 1. The van der Waals surface area contributed by atoms with Gasteiger partial charge in [0.2, 0.25) is 0 Å². The van der Waals surface area contributed by atoms with Crippen molar-refractivity contribution in [1.29, 1.82) is 0 Å². The molecule has 4 heteroatoms. The van der Waals surface area contributed by atoms with Gasteiger partial charge in [-0.15, -0.1) is 0 Å². The predicted octanol–water partition coefficient (Wildman–Crippen LogP) is 3.08. The Bertz CT molecular complexity index is 769. The van der Waals surface area contributed by atoms with Gasteiger partial charge < -0.3 is 10.2 Å². The van der Waals surface area contributed by atoms with Crippen molar-refractivity contribution in [2.24, 2.45) is 0 Å². The molecule has 0 bridgehead atoms. The molecule has 0 aromatic heterocycles. The number of likely N-dealkylation sites (N-methyl/N-ethyl adjacent to an activating group) is 1. The minimum Gasteiger partial charge on any atom is -0.508 e. The van der Waals surface area contributed by atoms with Gasteiger partial charge in [-0.3, -0.25) is 9.69 Å². The highest BCUT2D eigenvalue weighted by Crippen LogP contribution is 2.23. The fraction of sp³-hybridized carbons (Fsp3) is 0.150. The second-order valence-electron chi connectivity index (χ2n) is 6.03. The largest absolute Gasteiger partial charge is 0.508 e. The SMILES string of the molecule is CN1C/C(=C\c2cccc(O)c2)C(=O)/C(=C/c2cccc(O)c2)C1. The van der Waals surface area contributed by atoms with E-state index in [1.54, 1.807) is 36.4 Å². The standard InChI is InChI=1S/C20H19NO3/c1-21-12-16(8-14-4-2-6-18(22)10-14)20(24)17(13-21)9-15-5-3-7-19(23)11-15/h2-11,22-23H,12-13H2,1H3/b16-8+,17-9+. The van der Waals surface area contributed by atoms with Crippen molar-refractivity contribution in [1.82, 2.24) is 4.90 Å². The van der Waals surface area contributed by atoms with Crippen LogP contribution < -0.4 is 0 Å². The van der Waals surface area contributed by atoms with Crippen LogP contribution in [-0.2, 0) is 4.79 Å². The average Bonchev–Trinajstić information content (AvgIpc) is 2.52. The maximum atomic E-state index is 12.8. The lowest BCUT2D eigenvalue weighted by atomic mass is 9.94. The first-order valence-electron chi connectivity index (χ1n) is 7.74. The molecule has 1 fully saturated rings. The summed E-state index contributed by atoms with van der Waals surface area (Å²) in [7, 11) is 1.96. The van der Waals surface area contributed by atoms with Crippen molar-refractivity contribution in [3.63, 3.8) is 0 Å². The summed E-state index contributed by atoms with van der Waals surface area (Å²) in [6.07, 6.45) is 3.63. The molecule has 2 aromatic rings. The number of phenolic OH excluding ortho intramolecular Hbond substituents is 2. The summed E-state index contributed by atoms with van der Waals surface area (Å²) in [4.78, 5) is 14.8. The zero-order chi connectivity index (χ0) is 17.1. The predicted molar refractivity (Wildman–Crippen MR) is 94.7 cm³/mol. The molecule has 2 aromatic carbocycles. The zero-order valence-electron chi connectivity index (χ0n) is 13.4. The molecule has 1 saturated heterocycles. The van der Waals surface area contributed by atoms with Crippen LogP contribution in [-0.4, -0.2) is 41.0 Å². The molecular formula is C20H19NO3. The second kappa shape index (κ2) is 6.72. The molecule has 0 saturated carbocycles. The molecule has 24 heavy (non-hydrogen) atoms. The maximum Gasteiger partial charge on any atom is 0.187 e. The third-order valence-electron chi connectivity index (χ3n) is 3.89. The molecule has 0 unspecified atom stereocenters. The lowest BCUT2D eigenvalue weighted by Crippen LogP contribution is -2.34. The summed E-state index contributed by atoms with van der Waals surface area (Å²) in [5, 5.41) is 19.1. The molecule has 1 aliphatic heterocycles. The van der Waals surface area contributed by atoms with E-state index in [0.29, 0.717) is 24.2 Å². The second-order valence-corrected chi connectivity index (χ2v) is 6.03. The van der Waals surface area contributed by atoms with Crippen molar-refractivity contribution in [3.8, 4) is 11.5 Å². The molecule has 0 amide bonds. The van der Waals surface area contributed by atoms with E-state index >= 15 is 0 Å². The van der Waals surface area contributed by atoms with Crippen LogP contribution in [0.2, 0.25) is 0 Å². The number of carbonyl (C=O) groups is 1. The summed E-state index contributed by atoms with van der Waals surface area (Å²) in [6.45, 7) is 1.12. The average molecular weight is 321 g/mol. The number of piperidine rings is 1. The third kappa shape index (κ3) is 3.73. The zero-order valence-corrected chi connectivity index (χ0v) is 13.4. The van der Waals surface area contributed by atoms with E-state index < -0.39 is 0 Å². The Morgan fingerprint density at radius 2 is 1.33 bits per heavy atom. The van der Waals surface area contributed by atoms with Crippen LogP contribution >= 0.6 is 0 Å². The summed E-state index contributed by atoms with van der Waals surface area (Å²) in [5.41, 5.74) is 2.96. The molecule has 3 rings (SSSR count). The number of rotatable bonds is 2. The van der Waals surface area contributed by atoms with E-state index in [-0.39, 0.29) is 17.3 Å². The van der Waals surface area contributed by atoms with Crippen molar-refractivity contribution in [3.05, 3.63) is 70.8 Å². The Morgan fingerprint density at radius 3 is 1.75 bits per heavy atom. The number of hydrogen-bond donors (Lipinski definition) is 2. The highest BCUT2D eigenvalue weighted by Gasteiger charge is 2.23. The highest BCUT2D eigenvalue weighted by molar-refractivity contribution is 6.14. The summed E-state index contributed by atoms with van der Waals surface area (Å²) < 4.78 is 0. The van der Waals surface area contributed by atoms with Crippen molar-refractivity contribution in [2.45, 2.75) is 0 Å². The topological polar surface area (TPSA) is 60.8 Å². The minimum absolute atomic E-state index is 0.000198. The number of likely N-dealkylation sites (tertiary alicyclic amines) is 1. The van der Waals surface area contributed by atoms with Crippen molar-refractivity contribution in [2.75, 3.05) is 20.1 Å². The number of ketones is 1. The van der Waals surface area contributed by atoms with Crippen LogP contribution in [0.25, 0.3) is 12.2 Å². The molecule has 0 atom stereocenters. The Labute approximate surface area is 141 Å². The van der Waals surface area contributed by atoms with Gasteiger partial charge in [-0.1, -0.05) is 24.3 Å². The third-order valence-corrected chi connectivity index (χ3v) is 3.89. The molecule has 1 heterocycles. The van der Waals surface area contributed by atoms with Crippen LogP contribution in [0.15, 0.2) is 59.7 Å². The summed E-state index contributed by atoms with van der Waals surface area (Å²) in [5.74, 6) is 0.354. The summed E-state index contributed by atoms with van der Waals surface area (Å²) >= 11 is 0. The molecule has 4 nitrogen and oxygen atoms in total. The Hall–Kier alpha value is -2.85. The van der Waals surface area contributed by atoms with Crippen molar-refractivity contribution >= 4 is 17.9 Å². The first-order valence-corrected chi connectivity index (χ1v) is 7.74. The number of Topliss-reactive ketones (excluding diaryl/α,β-unsaturated/α-hetero) is 1. The van der Waals surface area contributed by atoms with Crippen LogP contribution in [0.3, 0.4) is 0 Å². The van der Waals surface area contributed by atoms with Gasteiger partial charge in [0.25, 0.3) is 0 Å². The van der Waals surface area contributed by atoms with E-state index in [1.165, 1.54) is 0 Å². The number of nitrogens with zero attached hydrogens (tertiary/aromatic N) is 1. The highest BCUT2D eigenvalue weighted by atomic mass is 16.3. The molecule has 2 N–H and O–H groups in total. The first-order chi connectivity index (χ1) is 11.5. The van der Waals surface area contributed by atoms with E-state index in [0.717, 1.165) is 11.1 Å². The number of aromatic hydroxyl groups is 2. The van der Waals surface area contributed by atoms with Gasteiger partial charge in [-0.05, 0) is 54.6 Å². The van der Waals surface area contributed by atoms with Gasteiger partial charge in [0.05, 0.1) is 0 Å². The number of hydrogen-bond acceptors (Lipinski definition) is 4. The molecule has 122 valence electrons. The normalized spacial score (nSPS) is 19.1. The molecule has 0 radical (unpaired) electrons. The maximum absolute atomic E-state index is 12.8. The van der Waals surface area contributed by atoms with Gasteiger partial charge in [-0.25, -0.2) is 0 Å². The number of benzene rings is 2. The van der Waals surface area contributed by atoms with Gasteiger partial charge >= 0.3 is 0 Å². The smallest absolute Gasteiger partial charge is 0.187 e. The molecular weight excluding hydrogens is 302 g/mol. The Balaban J connectivity index is 1.94. The quantitative estimate of drug-likeness (QED) is 0.835. The van der Waals surface area contributed by atoms with Crippen LogP contribution in [0.1, 0.15) is 11.1 Å². The minimum atomic E-state index is -0.000198. The fourth-order valence-electron chi connectivity index (χ4n) is 2.84. The van der Waals surface area contributed by atoms with E-state index in [4.69, 9.17) is 0 Å². The van der Waals surface area contributed by atoms with Gasteiger partial charge in [0.15, 0.2) is 5.78 Å². The van der Waals surface area contributed by atoms with Crippen LogP contribution in [0, 0.1) is 0 Å². The van der Waals surface area contributed by atoms with Crippen molar-refractivity contribution < 1.29 is 15.0 Å².